The number of anilines is 1. The van der Waals surface area contributed by atoms with Crippen molar-refractivity contribution < 1.29 is 9.53 Å². The number of unbranched alkanes of at least 4 members (excludes halogenated alkanes) is 1. The molecule has 0 fully saturated rings. The minimum atomic E-state index is -0.272. The number of hydrogen-bond donors (Lipinski definition) is 1. The minimum Gasteiger partial charge on any atom is -0.493 e. The van der Waals surface area contributed by atoms with Crippen molar-refractivity contribution in [3.8, 4) is 28.8 Å². The fraction of sp³-hybridized carbons (Fsp3) is 0.111. The summed E-state index contributed by atoms with van der Waals surface area (Å²) in [4.78, 5) is 16.8. The lowest BCUT2D eigenvalue weighted by atomic mass is 10.1. The highest BCUT2D eigenvalue weighted by atomic mass is 16.5. The molecule has 168 valence electrons. The first kappa shape index (κ1) is 22.5. The van der Waals surface area contributed by atoms with Gasteiger partial charge in [-0.2, -0.15) is 10.4 Å². The molecule has 0 aliphatic rings. The summed E-state index contributed by atoms with van der Waals surface area (Å²) in [5.74, 6) is 0.369. The summed E-state index contributed by atoms with van der Waals surface area (Å²) in [6, 6.07) is 22.8. The Morgan fingerprint density at radius 1 is 1.12 bits per heavy atom. The third-order valence-corrected chi connectivity index (χ3v) is 4.92. The van der Waals surface area contributed by atoms with E-state index in [4.69, 9.17) is 15.1 Å². The number of nitrogens with zero attached hydrogens (tertiary/aromatic N) is 4. The summed E-state index contributed by atoms with van der Waals surface area (Å²) in [5.41, 5.74) is 3.93. The zero-order chi connectivity index (χ0) is 23.6. The lowest BCUT2D eigenvalue weighted by Gasteiger charge is -2.07. The number of benzene rings is 2. The smallest absolute Gasteiger partial charge is 0.248 e. The monoisotopic (exact) mass is 449 g/mol. The standard InChI is InChI=1S/C27H23N5O2/c28-15-4-5-17-34-25-12-6-9-23(18-25)30-26(33)14-13-22-20-32(24-10-2-1-3-11-24)31-27(22)21-8-7-16-29-19-21/h1-3,6-14,16,18-20H,4-5,17H2,(H,30,33)/b14-13+. The normalized spacial score (nSPS) is 10.7. The summed E-state index contributed by atoms with van der Waals surface area (Å²) in [6.07, 6.45) is 9.67. The highest BCUT2D eigenvalue weighted by molar-refractivity contribution is 6.02. The van der Waals surface area contributed by atoms with Gasteiger partial charge in [-0.15, -0.1) is 0 Å². The van der Waals surface area contributed by atoms with Crippen LogP contribution in [0.25, 0.3) is 23.0 Å². The molecule has 0 bridgehead atoms. The second-order valence-electron chi connectivity index (χ2n) is 7.42. The van der Waals surface area contributed by atoms with E-state index in [-0.39, 0.29) is 5.91 Å². The Bertz CT molecular complexity index is 1310. The lowest BCUT2D eigenvalue weighted by Crippen LogP contribution is -2.08. The summed E-state index contributed by atoms with van der Waals surface area (Å²) >= 11 is 0. The Morgan fingerprint density at radius 2 is 2.00 bits per heavy atom. The van der Waals surface area contributed by atoms with Crippen LogP contribution >= 0.6 is 0 Å². The molecule has 2 aromatic heterocycles. The number of amides is 1. The summed E-state index contributed by atoms with van der Waals surface area (Å²) in [5, 5.41) is 16.2. The third-order valence-electron chi connectivity index (χ3n) is 4.92. The van der Waals surface area contributed by atoms with Crippen molar-refractivity contribution in [2.75, 3.05) is 11.9 Å². The fourth-order valence-electron chi connectivity index (χ4n) is 3.30. The van der Waals surface area contributed by atoms with Crippen LogP contribution < -0.4 is 10.1 Å². The zero-order valence-corrected chi connectivity index (χ0v) is 18.5. The van der Waals surface area contributed by atoms with Crippen LogP contribution in [-0.2, 0) is 4.79 Å². The molecular formula is C27H23N5O2. The molecular weight excluding hydrogens is 426 g/mol. The molecule has 0 saturated heterocycles. The van der Waals surface area contributed by atoms with Crippen LogP contribution in [0.15, 0.2) is 91.4 Å². The molecule has 34 heavy (non-hydrogen) atoms. The number of aromatic nitrogens is 3. The Morgan fingerprint density at radius 3 is 2.79 bits per heavy atom. The van der Waals surface area contributed by atoms with E-state index in [0.29, 0.717) is 30.9 Å². The van der Waals surface area contributed by atoms with Crippen LogP contribution in [0, 0.1) is 11.3 Å². The van der Waals surface area contributed by atoms with Gasteiger partial charge in [0, 0.05) is 54.0 Å². The largest absolute Gasteiger partial charge is 0.493 e. The van der Waals surface area contributed by atoms with Gasteiger partial charge in [0.25, 0.3) is 0 Å². The van der Waals surface area contributed by atoms with Crippen molar-refractivity contribution in [2.45, 2.75) is 12.8 Å². The van der Waals surface area contributed by atoms with Crippen LogP contribution in [0.4, 0.5) is 5.69 Å². The average Bonchev–Trinajstić information content (AvgIpc) is 3.31. The maximum atomic E-state index is 12.6. The van der Waals surface area contributed by atoms with E-state index in [1.807, 2.05) is 60.8 Å². The maximum absolute atomic E-state index is 12.6. The van der Waals surface area contributed by atoms with Crippen molar-refractivity contribution >= 4 is 17.7 Å². The molecule has 0 atom stereocenters. The number of carbonyl (C=O) groups excluding carboxylic acids is 1. The first-order valence-corrected chi connectivity index (χ1v) is 10.9. The number of pyridine rings is 1. The van der Waals surface area contributed by atoms with Gasteiger partial charge in [-0.05, 0) is 48.9 Å². The number of carbonyl (C=O) groups is 1. The van der Waals surface area contributed by atoms with Gasteiger partial charge in [0.2, 0.25) is 5.91 Å². The van der Waals surface area contributed by atoms with Gasteiger partial charge in [-0.25, -0.2) is 4.68 Å². The van der Waals surface area contributed by atoms with Crippen molar-refractivity contribution in [1.29, 1.82) is 5.26 Å². The predicted molar refractivity (Wildman–Crippen MR) is 131 cm³/mol. The molecule has 0 aliphatic carbocycles. The molecule has 1 amide bonds. The molecule has 2 aromatic carbocycles. The molecule has 7 heteroatoms. The van der Waals surface area contributed by atoms with Crippen LogP contribution in [0.3, 0.4) is 0 Å². The van der Waals surface area contributed by atoms with Crippen molar-refractivity contribution in [2.24, 2.45) is 0 Å². The zero-order valence-electron chi connectivity index (χ0n) is 18.5. The molecule has 0 unspecified atom stereocenters. The minimum absolute atomic E-state index is 0.272. The van der Waals surface area contributed by atoms with E-state index < -0.39 is 0 Å². The Hall–Kier alpha value is -4.70. The highest BCUT2D eigenvalue weighted by Crippen LogP contribution is 2.24. The van der Waals surface area contributed by atoms with Gasteiger partial charge in [-0.3, -0.25) is 9.78 Å². The highest BCUT2D eigenvalue weighted by Gasteiger charge is 2.11. The van der Waals surface area contributed by atoms with E-state index in [2.05, 4.69) is 16.4 Å². The molecule has 4 rings (SSSR count). The molecule has 2 heterocycles. The van der Waals surface area contributed by atoms with Gasteiger partial charge in [-0.1, -0.05) is 24.3 Å². The van der Waals surface area contributed by atoms with E-state index in [1.165, 1.54) is 6.08 Å². The van der Waals surface area contributed by atoms with Gasteiger partial charge in [0.1, 0.15) is 11.4 Å². The first-order valence-electron chi connectivity index (χ1n) is 10.9. The van der Waals surface area contributed by atoms with E-state index >= 15 is 0 Å². The van der Waals surface area contributed by atoms with Crippen LogP contribution in [0.2, 0.25) is 0 Å². The molecule has 1 N–H and O–H groups in total. The summed E-state index contributed by atoms with van der Waals surface area (Å²) in [6.45, 7) is 0.452. The summed E-state index contributed by atoms with van der Waals surface area (Å²) < 4.78 is 7.42. The maximum Gasteiger partial charge on any atom is 0.248 e. The molecule has 0 radical (unpaired) electrons. The molecule has 4 aromatic rings. The van der Waals surface area contributed by atoms with Gasteiger partial charge in [0.05, 0.1) is 18.4 Å². The van der Waals surface area contributed by atoms with Crippen LogP contribution in [0.1, 0.15) is 18.4 Å². The average molecular weight is 450 g/mol. The number of nitrogens with one attached hydrogen (secondary N) is 1. The Labute approximate surface area is 198 Å². The summed E-state index contributed by atoms with van der Waals surface area (Å²) in [7, 11) is 0. The number of hydrogen-bond acceptors (Lipinski definition) is 5. The molecule has 0 spiro atoms. The molecule has 0 saturated carbocycles. The SMILES string of the molecule is N#CCCCOc1cccc(NC(=O)/C=C/c2cn(-c3ccccc3)nc2-c2cccnc2)c1. The van der Waals surface area contributed by atoms with Crippen molar-refractivity contribution in [3.05, 3.63) is 97.0 Å². The lowest BCUT2D eigenvalue weighted by molar-refractivity contribution is -0.111. The fourth-order valence-corrected chi connectivity index (χ4v) is 3.30. The van der Waals surface area contributed by atoms with Crippen LogP contribution in [-0.4, -0.2) is 27.3 Å². The molecule has 0 aliphatic heterocycles. The second-order valence-corrected chi connectivity index (χ2v) is 7.42. The van der Waals surface area contributed by atoms with Crippen LogP contribution in [0.5, 0.6) is 5.75 Å². The number of para-hydroxylation sites is 1. The number of rotatable bonds is 9. The number of ether oxygens (including phenoxy) is 1. The first-order chi connectivity index (χ1) is 16.7. The quantitative estimate of drug-likeness (QED) is 0.278. The van der Waals surface area contributed by atoms with Crippen molar-refractivity contribution in [3.63, 3.8) is 0 Å². The Kier molecular flexibility index (Phi) is 7.44. The third kappa shape index (κ3) is 5.96. The second kappa shape index (κ2) is 11.2. The van der Waals surface area contributed by atoms with E-state index in [0.717, 1.165) is 22.5 Å². The molecule has 7 nitrogen and oxygen atoms in total. The van der Waals surface area contributed by atoms with Crippen molar-refractivity contribution in [1.82, 2.24) is 14.8 Å². The number of nitriles is 1. The van der Waals surface area contributed by atoms with E-state index in [9.17, 15) is 4.79 Å². The van der Waals surface area contributed by atoms with Gasteiger partial charge >= 0.3 is 0 Å². The topological polar surface area (TPSA) is 92.8 Å². The van der Waals surface area contributed by atoms with Gasteiger partial charge < -0.3 is 10.1 Å². The van der Waals surface area contributed by atoms with E-state index in [1.54, 1.807) is 35.3 Å². The van der Waals surface area contributed by atoms with Gasteiger partial charge in [0.15, 0.2) is 0 Å². The predicted octanol–water partition coefficient (Wildman–Crippen LogP) is 5.27. The Balaban J connectivity index is 1.50.